The van der Waals surface area contributed by atoms with Crippen LogP contribution in [0.1, 0.15) is 34.5 Å². The number of benzene rings is 2. The Morgan fingerprint density at radius 3 is 2.50 bits per heavy atom. The van der Waals surface area contributed by atoms with Crippen LogP contribution in [0.3, 0.4) is 0 Å². The number of rotatable bonds is 6. The lowest BCUT2D eigenvalue weighted by Gasteiger charge is -2.32. The number of carbonyl (C=O) groups excluding carboxylic acids is 1. The summed E-state index contributed by atoms with van der Waals surface area (Å²) in [5, 5.41) is 7.69. The van der Waals surface area contributed by atoms with Gasteiger partial charge in [0.25, 0.3) is 11.5 Å². The molecule has 1 aliphatic rings. The minimum absolute atomic E-state index is 0.291. The van der Waals surface area contributed by atoms with Crippen LogP contribution in [0, 0.1) is 12.8 Å². The first-order chi connectivity index (χ1) is 16.3. The molecule has 1 amide bonds. The molecule has 1 N–H and O–H groups in total. The normalized spacial score (nSPS) is 14.8. The molecule has 2 heterocycles. The van der Waals surface area contributed by atoms with Crippen molar-refractivity contribution >= 4 is 17.5 Å². The molecule has 9 heteroatoms. The van der Waals surface area contributed by atoms with Crippen LogP contribution in [-0.4, -0.2) is 44.8 Å². The molecular weight excluding hydrogens is 454 g/mol. The minimum Gasteiger partial charge on any atom is -0.350 e. The van der Waals surface area contributed by atoms with E-state index in [0.717, 1.165) is 52.3 Å². The average molecular weight is 482 g/mol. The second-order valence-corrected chi connectivity index (χ2v) is 9.24. The number of aryl methyl sites for hydroxylation is 1. The summed E-state index contributed by atoms with van der Waals surface area (Å²) in [6.45, 7) is 5.08. The average Bonchev–Trinajstić information content (AvgIpc) is 2.83. The first kappa shape index (κ1) is 23.9. The standard InChI is InChI=1S/C25H28ClN5O3/c1-17-6-8-21(9-7-17)31-25(34)29(2)24(33)22(28-31)23(32)27-15-18-10-12-30(13-11-18)16-19-4-3-5-20(26)14-19/h3-9,14,18H,10-13,15-16H2,1-2H3,(H,27,32). The Labute approximate surface area is 202 Å². The van der Waals surface area contributed by atoms with E-state index in [4.69, 9.17) is 11.6 Å². The maximum absolute atomic E-state index is 12.8. The van der Waals surface area contributed by atoms with Gasteiger partial charge in [0.1, 0.15) is 0 Å². The van der Waals surface area contributed by atoms with E-state index in [1.165, 1.54) is 12.6 Å². The van der Waals surface area contributed by atoms with Gasteiger partial charge in [0, 0.05) is 25.2 Å². The highest BCUT2D eigenvalue weighted by atomic mass is 35.5. The molecule has 8 nitrogen and oxygen atoms in total. The van der Waals surface area contributed by atoms with E-state index in [0.29, 0.717) is 18.2 Å². The molecule has 4 rings (SSSR count). The smallest absolute Gasteiger partial charge is 0.350 e. The third kappa shape index (κ3) is 5.46. The predicted molar refractivity (Wildman–Crippen MR) is 132 cm³/mol. The molecule has 0 atom stereocenters. The summed E-state index contributed by atoms with van der Waals surface area (Å²) in [7, 11) is 1.35. The van der Waals surface area contributed by atoms with Crippen molar-refractivity contribution in [2.45, 2.75) is 26.3 Å². The van der Waals surface area contributed by atoms with E-state index in [-0.39, 0.29) is 5.69 Å². The summed E-state index contributed by atoms with van der Waals surface area (Å²) < 4.78 is 2.00. The summed E-state index contributed by atoms with van der Waals surface area (Å²) in [5.74, 6) is -0.255. The van der Waals surface area contributed by atoms with Gasteiger partial charge in [0.15, 0.2) is 0 Å². The van der Waals surface area contributed by atoms with Gasteiger partial charge >= 0.3 is 5.69 Å². The van der Waals surface area contributed by atoms with Gasteiger partial charge in [-0.25, -0.2) is 4.79 Å². The molecule has 1 fully saturated rings. The van der Waals surface area contributed by atoms with Gasteiger partial charge in [-0.3, -0.25) is 19.1 Å². The summed E-state index contributed by atoms with van der Waals surface area (Å²) >= 11 is 6.08. The van der Waals surface area contributed by atoms with Crippen LogP contribution in [0.5, 0.6) is 0 Å². The molecule has 0 unspecified atom stereocenters. The largest absolute Gasteiger partial charge is 0.351 e. The van der Waals surface area contributed by atoms with Crippen LogP contribution in [0.2, 0.25) is 5.02 Å². The van der Waals surface area contributed by atoms with Gasteiger partial charge in [-0.1, -0.05) is 41.4 Å². The second-order valence-electron chi connectivity index (χ2n) is 8.80. The maximum Gasteiger partial charge on any atom is 0.351 e. The lowest BCUT2D eigenvalue weighted by molar-refractivity contribution is 0.0925. The number of amides is 1. The van der Waals surface area contributed by atoms with Crippen LogP contribution < -0.4 is 16.6 Å². The maximum atomic E-state index is 12.8. The zero-order chi connectivity index (χ0) is 24.2. The third-order valence-corrected chi connectivity index (χ3v) is 6.46. The van der Waals surface area contributed by atoms with Gasteiger partial charge in [0.2, 0.25) is 5.69 Å². The number of carbonyl (C=O) groups is 1. The Balaban J connectivity index is 1.38. The van der Waals surface area contributed by atoms with Crippen molar-refractivity contribution in [3.05, 3.63) is 91.2 Å². The number of likely N-dealkylation sites (tertiary alicyclic amines) is 1. The molecule has 3 aromatic rings. The van der Waals surface area contributed by atoms with Gasteiger partial charge in [-0.2, -0.15) is 9.78 Å². The van der Waals surface area contributed by atoms with Crippen LogP contribution in [0.4, 0.5) is 0 Å². The van der Waals surface area contributed by atoms with Crippen molar-refractivity contribution in [2.24, 2.45) is 13.0 Å². The van der Waals surface area contributed by atoms with Crippen LogP contribution in [-0.2, 0) is 13.6 Å². The molecule has 0 bridgehead atoms. The number of hydrogen-bond acceptors (Lipinski definition) is 5. The molecule has 178 valence electrons. The Bertz CT molecular complexity index is 1290. The fourth-order valence-electron chi connectivity index (χ4n) is 4.13. The number of piperidine rings is 1. The fraction of sp³-hybridized carbons (Fsp3) is 0.360. The number of nitrogens with zero attached hydrogens (tertiary/aromatic N) is 4. The Kier molecular flexibility index (Phi) is 7.29. The van der Waals surface area contributed by atoms with Gasteiger partial charge in [-0.15, -0.1) is 0 Å². The SMILES string of the molecule is Cc1ccc(-n2nc(C(=O)NCC3CCN(Cc4cccc(Cl)c4)CC3)c(=O)n(C)c2=O)cc1. The summed E-state index contributed by atoms with van der Waals surface area (Å²) in [4.78, 5) is 40.3. The molecule has 0 saturated carbocycles. The molecule has 0 spiro atoms. The highest BCUT2D eigenvalue weighted by Gasteiger charge is 2.23. The topological polar surface area (TPSA) is 89.2 Å². The summed E-state index contributed by atoms with van der Waals surface area (Å²) in [6, 6.07) is 15.0. The molecule has 0 aliphatic carbocycles. The van der Waals surface area contributed by atoms with E-state index in [2.05, 4.69) is 21.4 Å². The zero-order valence-electron chi connectivity index (χ0n) is 19.3. The molecule has 1 saturated heterocycles. The molecule has 34 heavy (non-hydrogen) atoms. The monoisotopic (exact) mass is 481 g/mol. The van der Waals surface area contributed by atoms with Crippen LogP contribution in [0.25, 0.3) is 5.69 Å². The van der Waals surface area contributed by atoms with E-state index < -0.39 is 17.2 Å². The molecular formula is C25H28ClN5O3. The van der Waals surface area contributed by atoms with E-state index >= 15 is 0 Å². The molecule has 1 aromatic heterocycles. The Morgan fingerprint density at radius 1 is 1.12 bits per heavy atom. The number of hydrogen-bond donors (Lipinski definition) is 1. The number of halogens is 1. The number of aromatic nitrogens is 3. The highest BCUT2D eigenvalue weighted by Crippen LogP contribution is 2.20. The van der Waals surface area contributed by atoms with Crippen molar-refractivity contribution in [3.8, 4) is 5.69 Å². The van der Waals surface area contributed by atoms with Crippen LogP contribution >= 0.6 is 11.6 Å². The Hall–Kier alpha value is -3.23. The van der Waals surface area contributed by atoms with Crippen molar-refractivity contribution in [1.82, 2.24) is 24.6 Å². The highest BCUT2D eigenvalue weighted by molar-refractivity contribution is 6.30. The lowest BCUT2D eigenvalue weighted by Crippen LogP contribution is -2.45. The summed E-state index contributed by atoms with van der Waals surface area (Å²) in [5.41, 5.74) is 1.11. The predicted octanol–water partition coefficient (Wildman–Crippen LogP) is 2.54. The van der Waals surface area contributed by atoms with Crippen LogP contribution in [0.15, 0.2) is 58.1 Å². The van der Waals surface area contributed by atoms with Crippen molar-refractivity contribution in [2.75, 3.05) is 19.6 Å². The lowest BCUT2D eigenvalue weighted by atomic mass is 9.96. The van der Waals surface area contributed by atoms with E-state index in [9.17, 15) is 14.4 Å². The first-order valence-electron chi connectivity index (χ1n) is 11.3. The van der Waals surface area contributed by atoms with E-state index in [1.54, 1.807) is 12.1 Å². The fourth-order valence-corrected chi connectivity index (χ4v) is 4.35. The van der Waals surface area contributed by atoms with Gasteiger partial charge in [0.05, 0.1) is 5.69 Å². The molecule has 0 radical (unpaired) electrons. The quantitative estimate of drug-likeness (QED) is 0.584. The second kappa shape index (κ2) is 10.4. The third-order valence-electron chi connectivity index (χ3n) is 6.22. The number of nitrogens with one attached hydrogen (secondary N) is 1. The molecule has 1 aliphatic heterocycles. The van der Waals surface area contributed by atoms with Crippen molar-refractivity contribution < 1.29 is 4.79 Å². The Morgan fingerprint density at radius 2 is 1.82 bits per heavy atom. The van der Waals surface area contributed by atoms with Crippen molar-refractivity contribution in [1.29, 1.82) is 0 Å². The van der Waals surface area contributed by atoms with Crippen molar-refractivity contribution in [3.63, 3.8) is 0 Å². The zero-order valence-corrected chi connectivity index (χ0v) is 20.1. The van der Waals surface area contributed by atoms with Gasteiger partial charge < -0.3 is 5.32 Å². The minimum atomic E-state index is -0.706. The molecule has 2 aromatic carbocycles. The van der Waals surface area contributed by atoms with Gasteiger partial charge in [-0.05, 0) is 68.6 Å². The first-order valence-corrected chi connectivity index (χ1v) is 11.7. The van der Waals surface area contributed by atoms with E-state index in [1.807, 2.05) is 37.3 Å². The summed E-state index contributed by atoms with van der Waals surface area (Å²) in [6.07, 6.45) is 1.88.